The van der Waals surface area contributed by atoms with Crippen LogP contribution in [0.15, 0.2) is 36.0 Å². The molecule has 2 rings (SSSR count). The minimum Gasteiger partial charge on any atom is -0.478 e. The van der Waals surface area contributed by atoms with E-state index in [9.17, 15) is 18.0 Å². The maximum atomic E-state index is 12.5. The van der Waals surface area contributed by atoms with E-state index < -0.39 is 17.7 Å². The Bertz CT molecular complexity index is 549. The molecule has 0 radical (unpaired) electrons. The quantitative estimate of drug-likeness (QED) is 0.723. The first kappa shape index (κ1) is 18.8. The van der Waals surface area contributed by atoms with Crippen molar-refractivity contribution in [3.05, 3.63) is 41.6 Å². The van der Waals surface area contributed by atoms with Gasteiger partial charge in [0.05, 0.1) is 5.56 Å². The van der Waals surface area contributed by atoms with Crippen LogP contribution >= 0.6 is 0 Å². The number of alkyl halides is 3. The Morgan fingerprint density at radius 1 is 1.35 bits per heavy atom. The first-order valence-electron chi connectivity index (χ1n) is 7.00. The Labute approximate surface area is 132 Å². The van der Waals surface area contributed by atoms with Gasteiger partial charge in [-0.2, -0.15) is 13.2 Å². The van der Waals surface area contributed by atoms with Crippen molar-refractivity contribution in [1.82, 2.24) is 5.32 Å². The van der Waals surface area contributed by atoms with Crippen LogP contribution in [0.4, 0.5) is 18.9 Å². The number of hydrogen-bond donors (Lipinski definition) is 3. The van der Waals surface area contributed by atoms with Gasteiger partial charge in [0.2, 0.25) is 0 Å². The largest absolute Gasteiger partial charge is 0.478 e. The van der Waals surface area contributed by atoms with Gasteiger partial charge in [0, 0.05) is 43.6 Å². The number of piperazine rings is 1. The summed E-state index contributed by atoms with van der Waals surface area (Å²) in [7, 11) is 0. The number of hydrogen-bond acceptors (Lipinski definition) is 4. The molecule has 0 aromatic heterocycles. The predicted octanol–water partition coefficient (Wildman–Crippen LogP) is 2.05. The summed E-state index contributed by atoms with van der Waals surface area (Å²) in [5.41, 5.74) is 5.36. The standard InChI is InChI=1S/C11H13F3N2.C4H7NO2/c12-11(13,14)9-2-1-3-10(8-9)16-6-4-15-5-7-16;1-3(5)2-4(6)7/h1-3,8,15H,4-7H2;2H,5H2,1H3,(H,6,7). The molecule has 0 spiro atoms. The fraction of sp³-hybridized carbons (Fsp3) is 0.400. The molecular formula is C15H20F3N3O2. The van der Waals surface area contributed by atoms with Crippen molar-refractivity contribution < 1.29 is 23.1 Å². The molecule has 0 bridgehead atoms. The molecule has 0 unspecified atom stereocenters. The number of rotatable bonds is 2. The molecule has 0 amide bonds. The lowest BCUT2D eigenvalue weighted by Crippen LogP contribution is -2.43. The van der Waals surface area contributed by atoms with Gasteiger partial charge < -0.3 is 21.1 Å². The molecule has 0 aliphatic carbocycles. The summed E-state index contributed by atoms with van der Waals surface area (Å²) in [6.07, 6.45) is -3.32. The number of carbonyl (C=O) groups is 1. The third-order valence-corrected chi connectivity index (χ3v) is 3.01. The minimum atomic E-state index is -4.26. The maximum Gasteiger partial charge on any atom is 0.416 e. The van der Waals surface area contributed by atoms with Crippen molar-refractivity contribution >= 4 is 11.7 Å². The monoisotopic (exact) mass is 331 g/mol. The maximum absolute atomic E-state index is 12.5. The molecule has 0 atom stereocenters. The summed E-state index contributed by atoms with van der Waals surface area (Å²) in [4.78, 5) is 11.6. The third kappa shape index (κ3) is 7.05. The molecule has 1 aromatic carbocycles. The Hall–Kier alpha value is -2.22. The summed E-state index contributed by atoms with van der Waals surface area (Å²) in [6, 6.07) is 5.50. The van der Waals surface area contributed by atoms with E-state index in [0.717, 1.165) is 38.3 Å². The second-order valence-electron chi connectivity index (χ2n) is 5.01. The van der Waals surface area contributed by atoms with Crippen LogP contribution in [0.5, 0.6) is 0 Å². The van der Waals surface area contributed by atoms with Gasteiger partial charge in [-0.1, -0.05) is 6.07 Å². The number of carboxylic acid groups (broad SMARTS) is 1. The molecule has 1 fully saturated rings. The number of carboxylic acids is 1. The van der Waals surface area contributed by atoms with E-state index in [1.165, 1.54) is 19.1 Å². The molecule has 8 heteroatoms. The van der Waals surface area contributed by atoms with Crippen molar-refractivity contribution in [2.45, 2.75) is 13.1 Å². The molecule has 0 saturated carbocycles. The molecule has 4 N–H and O–H groups in total. The average Bonchev–Trinajstić information content (AvgIpc) is 2.47. The number of aliphatic carboxylic acids is 1. The molecular weight excluding hydrogens is 311 g/mol. The number of allylic oxidation sites excluding steroid dienone is 1. The summed E-state index contributed by atoms with van der Waals surface area (Å²) >= 11 is 0. The number of nitrogens with one attached hydrogen (secondary N) is 1. The molecule has 5 nitrogen and oxygen atoms in total. The van der Waals surface area contributed by atoms with Crippen molar-refractivity contribution in [3.8, 4) is 0 Å². The molecule has 1 aromatic rings. The van der Waals surface area contributed by atoms with Crippen LogP contribution in [0.1, 0.15) is 12.5 Å². The second-order valence-corrected chi connectivity index (χ2v) is 5.01. The van der Waals surface area contributed by atoms with E-state index in [0.29, 0.717) is 11.4 Å². The van der Waals surface area contributed by atoms with E-state index in [1.807, 2.05) is 4.90 Å². The van der Waals surface area contributed by atoms with E-state index in [2.05, 4.69) is 5.32 Å². The molecule has 1 saturated heterocycles. The number of anilines is 1. The van der Waals surface area contributed by atoms with Crippen LogP contribution in [0.25, 0.3) is 0 Å². The zero-order valence-corrected chi connectivity index (χ0v) is 12.7. The summed E-state index contributed by atoms with van der Waals surface area (Å²) in [5.74, 6) is -1.000. The van der Waals surface area contributed by atoms with Gasteiger partial charge in [-0.3, -0.25) is 0 Å². The van der Waals surface area contributed by atoms with Crippen LogP contribution in [-0.2, 0) is 11.0 Å². The fourth-order valence-electron chi connectivity index (χ4n) is 2.00. The first-order valence-corrected chi connectivity index (χ1v) is 7.00. The Morgan fingerprint density at radius 2 is 1.96 bits per heavy atom. The lowest BCUT2D eigenvalue weighted by Gasteiger charge is -2.29. The lowest BCUT2D eigenvalue weighted by molar-refractivity contribution is -0.137. The van der Waals surface area contributed by atoms with Crippen LogP contribution in [0, 0.1) is 0 Å². The highest BCUT2D eigenvalue weighted by Gasteiger charge is 2.30. The van der Waals surface area contributed by atoms with E-state index >= 15 is 0 Å². The third-order valence-electron chi connectivity index (χ3n) is 3.01. The van der Waals surface area contributed by atoms with Gasteiger partial charge in [-0.15, -0.1) is 0 Å². The van der Waals surface area contributed by atoms with Gasteiger partial charge in [0.25, 0.3) is 0 Å². The SMILES string of the molecule is CC(N)=CC(=O)O.FC(F)(F)c1cccc(N2CCNCC2)c1. The highest BCUT2D eigenvalue weighted by molar-refractivity contribution is 5.80. The Balaban J connectivity index is 0.000000322. The average molecular weight is 331 g/mol. The fourth-order valence-corrected chi connectivity index (χ4v) is 2.00. The summed E-state index contributed by atoms with van der Waals surface area (Å²) in [6.45, 7) is 4.66. The van der Waals surface area contributed by atoms with Crippen LogP contribution in [-0.4, -0.2) is 37.3 Å². The van der Waals surface area contributed by atoms with Gasteiger partial charge in [0.1, 0.15) is 0 Å². The highest BCUT2D eigenvalue weighted by Crippen LogP contribution is 2.31. The number of nitrogens with two attached hydrogens (primary N) is 1. The zero-order valence-electron chi connectivity index (χ0n) is 12.7. The van der Waals surface area contributed by atoms with Crippen LogP contribution < -0.4 is 16.0 Å². The van der Waals surface area contributed by atoms with E-state index in [4.69, 9.17) is 10.8 Å². The molecule has 23 heavy (non-hydrogen) atoms. The summed E-state index contributed by atoms with van der Waals surface area (Å²) < 4.78 is 37.5. The van der Waals surface area contributed by atoms with Crippen molar-refractivity contribution in [1.29, 1.82) is 0 Å². The van der Waals surface area contributed by atoms with E-state index in [-0.39, 0.29) is 0 Å². The van der Waals surface area contributed by atoms with Crippen molar-refractivity contribution in [2.24, 2.45) is 5.73 Å². The molecule has 1 aliphatic heterocycles. The Morgan fingerprint density at radius 3 is 2.39 bits per heavy atom. The second kappa shape index (κ2) is 8.42. The Kier molecular flexibility index (Phi) is 6.89. The lowest BCUT2D eigenvalue weighted by atomic mass is 10.1. The smallest absolute Gasteiger partial charge is 0.416 e. The van der Waals surface area contributed by atoms with E-state index in [1.54, 1.807) is 6.07 Å². The molecule has 1 aliphatic rings. The summed E-state index contributed by atoms with van der Waals surface area (Å²) in [5, 5.41) is 11.1. The molecule has 1 heterocycles. The van der Waals surface area contributed by atoms with Crippen molar-refractivity contribution in [2.75, 3.05) is 31.1 Å². The van der Waals surface area contributed by atoms with Gasteiger partial charge in [0.15, 0.2) is 0 Å². The van der Waals surface area contributed by atoms with Gasteiger partial charge >= 0.3 is 12.1 Å². The topological polar surface area (TPSA) is 78.6 Å². The number of halogens is 3. The normalized spacial score (nSPS) is 15.7. The predicted molar refractivity (Wildman–Crippen MR) is 82.1 cm³/mol. The zero-order chi connectivity index (χ0) is 17.5. The number of nitrogens with zero attached hydrogens (tertiary/aromatic N) is 1. The molecule has 128 valence electrons. The minimum absolute atomic E-state index is 0.313. The van der Waals surface area contributed by atoms with Crippen LogP contribution in [0.3, 0.4) is 0 Å². The van der Waals surface area contributed by atoms with Crippen molar-refractivity contribution in [3.63, 3.8) is 0 Å². The van der Waals surface area contributed by atoms with Gasteiger partial charge in [-0.25, -0.2) is 4.79 Å². The highest BCUT2D eigenvalue weighted by atomic mass is 19.4. The first-order chi connectivity index (χ1) is 10.7. The van der Waals surface area contributed by atoms with Gasteiger partial charge in [-0.05, 0) is 25.1 Å². The number of benzene rings is 1. The van der Waals surface area contributed by atoms with Crippen LogP contribution in [0.2, 0.25) is 0 Å².